The summed E-state index contributed by atoms with van der Waals surface area (Å²) in [6, 6.07) is 0.169. The van der Waals surface area contributed by atoms with Crippen molar-refractivity contribution in [1.82, 2.24) is 9.97 Å². The van der Waals surface area contributed by atoms with Crippen LogP contribution in [0, 0.1) is 0 Å². The minimum atomic E-state index is -0.774. The Morgan fingerprint density at radius 2 is 2.11 bits per heavy atom. The molecule has 0 spiro atoms. The Bertz CT molecular complexity index is 414. The molecule has 7 heteroatoms. The molecule has 1 aromatic rings. The first-order valence-corrected chi connectivity index (χ1v) is 7.44. The van der Waals surface area contributed by atoms with E-state index in [9.17, 15) is 4.21 Å². The van der Waals surface area contributed by atoms with E-state index in [0.717, 1.165) is 6.42 Å². The Balaban J connectivity index is 2.74. The number of nitrogens with one attached hydrogen (secondary N) is 2. The summed E-state index contributed by atoms with van der Waals surface area (Å²) in [7, 11) is 2.58. The molecule has 0 aliphatic heterocycles. The average molecular weight is 272 g/mol. The fourth-order valence-corrected chi connectivity index (χ4v) is 2.18. The molecule has 2 atom stereocenters. The maximum Gasteiger partial charge on any atom is 0.204 e. The fraction of sp³-hybridized carbons (Fsp3) is 0.636. The summed E-state index contributed by atoms with van der Waals surface area (Å²) in [5, 5.41) is 6.19. The first kappa shape index (κ1) is 14.7. The van der Waals surface area contributed by atoms with E-state index in [0.29, 0.717) is 23.1 Å². The van der Waals surface area contributed by atoms with Crippen molar-refractivity contribution in [3.63, 3.8) is 0 Å². The second-order valence-corrected chi connectivity index (χ2v) is 5.52. The maximum atomic E-state index is 11.0. The molecule has 0 amide bonds. The normalized spacial score (nSPS) is 13.8. The Labute approximate surface area is 110 Å². The highest BCUT2D eigenvalue weighted by Gasteiger charge is 2.13. The van der Waals surface area contributed by atoms with E-state index in [1.807, 2.05) is 6.92 Å². The molecular weight excluding hydrogens is 252 g/mol. The SMILES string of the molecule is CNc1ncnc(NC(C)CCS(C)=O)c1OC. The van der Waals surface area contributed by atoms with Crippen LogP contribution < -0.4 is 15.4 Å². The molecule has 2 N–H and O–H groups in total. The smallest absolute Gasteiger partial charge is 0.204 e. The van der Waals surface area contributed by atoms with Crippen LogP contribution in [0.25, 0.3) is 0 Å². The maximum absolute atomic E-state index is 11.0. The minimum Gasteiger partial charge on any atom is -0.490 e. The Kier molecular flexibility index (Phi) is 5.84. The van der Waals surface area contributed by atoms with Gasteiger partial charge in [-0.3, -0.25) is 4.21 Å². The summed E-state index contributed by atoms with van der Waals surface area (Å²) >= 11 is 0. The van der Waals surface area contributed by atoms with Gasteiger partial charge in [0.15, 0.2) is 11.6 Å². The van der Waals surface area contributed by atoms with Crippen molar-refractivity contribution >= 4 is 22.4 Å². The van der Waals surface area contributed by atoms with Crippen molar-refractivity contribution in [1.29, 1.82) is 0 Å². The summed E-state index contributed by atoms with van der Waals surface area (Å²) in [6.45, 7) is 2.02. The quantitative estimate of drug-likeness (QED) is 0.774. The standard InChI is InChI=1S/C11H20N4O2S/c1-8(5-6-18(4)16)15-11-9(17-3)10(12-2)13-7-14-11/h7-8H,5-6H2,1-4H3,(H2,12,13,14,15). The third-order valence-corrected chi connectivity index (χ3v) is 3.28. The van der Waals surface area contributed by atoms with E-state index < -0.39 is 10.8 Å². The second kappa shape index (κ2) is 7.15. The number of anilines is 2. The molecule has 0 saturated heterocycles. The van der Waals surface area contributed by atoms with Gasteiger partial charge in [-0.25, -0.2) is 9.97 Å². The molecule has 0 aliphatic carbocycles. The van der Waals surface area contributed by atoms with Crippen molar-refractivity contribution in [2.24, 2.45) is 0 Å². The molecule has 2 unspecified atom stereocenters. The highest BCUT2D eigenvalue weighted by atomic mass is 32.2. The second-order valence-electron chi connectivity index (χ2n) is 3.97. The number of methoxy groups -OCH3 is 1. The number of hydrogen-bond donors (Lipinski definition) is 2. The molecular formula is C11H20N4O2S. The molecule has 0 aromatic carbocycles. The van der Waals surface area contributed by atoms with Gasteiger partial charge in [-0.1, -0.05) is 0 Å². The van der Waals surface area contributed by atoms with Gasteiger partial charge < -0.3 is 15.4 Å². The molecule has 6 nitrogen and oxygen atoms in total. The number of aromatic nitrogens is 2. The number of rotatable bonds is 7. The average Bonchev–Trinajstić information content (AvgIpc) is 2.36. The van der Waals surface area contributed by atoms with Gasteiger partial charge in [0.2, 0.25) is 5.75 Å². The summed E-state index contributed by atoms with van der Waals surface area (Å²) in [5.41, 5.74) is 0. The summed E-state index contributed by atoms with van der Waals surface area (Å²) in [4.78, 5) is 8.24. The van der Waals surface area contributed by atoms with Crippen molar-refractivity contribution in [2.75, 3.05) is 36.8 Å². The Hall–Kier alpha value is -1.37. The molecule has 0 radical (unpaired) electrons. The minimum absolute atomic E-state index is 0.169. The molecule has 1 heterocycles. The Morgan fingerprint density at radius 3 is 2.67 bits per heavy atom. The molecule has 18 heavy (non-hydrogen) atoms. The summed E-state index contributed by atoms with van der Waals surface area (Å²) in [5.74, 6) is 2.54. The zero-order valence-electron chi connectivity index (χ0n) is 11.2. The van der Waals surface area contributed by atoms with E-state index in [2.05, 4.69) is 20.6 Å². The first-order chi connectivity index (χ1) is 8.58. The Morgan fingerprint density at radius 1 is 1.44 bits per heavy atom. The van der Waals surface area contributed by atoms with E-state index in [1.165, 1.54) is 6.33 Å². The molecule has 0 bridgehead atoms. The zero-order valence-corrected chi connectivity index (χ0v) is 12.0. The lowest BCUT2D eigenvalue weighted by Crippen LogP contribution is -2.19. The highest BCUT2D eigenvalue weighted by Crippen LogP contribution is 2.28. The van der Waals surface area contributed by atoms with E-state index in [1.54, 1.807) is 20.4 Å². The molecule has 0 saturated carbocycles. The number of nitrogens with zero attached hydrogens (tertiary/aromatic N) is 2. The van der Waals surface area contributed by atoms with Gasteiger partial charge in [0.1, 0.15) is 6.33 Å². The van der Waals surface area contributed by atoms with Crippen LogP contribution in [0.15, 0.2) is 6.33 Å². The van der Waals surface area contributed by atoms with Crippen LogP contribution in [-0.2, 0) is 10.8 Å². The van der Waals surface area contributed by atoms with E-state index in [4.69, 9.17) is 4.74 Å². The monoisotopic (exact) mass is 272 g/mol. The molecule has 0 fully saturated rings. The van der Waals surface area contributed by atoms with Gasteiger partial charge in [-0.05, 0) is 13.3 Å². The van der Waals surface area contributed by atoms with Gasteiger partial charge in [-0.2, -0.15) is 0 Å². The lowest BCUT2D eigenvalue weighted by atomic mass is 10.2. The van der Waals surface area contributed by atoms with Crippen LogP contribution >= 0.6 is 0 Å². The lowest BCUT2D eigenvalue weighted by Gasteiger charge is -2.17. The van der Waals surface area contributed by atoms with Crippen LogP contribution in [0.3, 0.4) is 0 Å². The highest BCUT2D eigenvalue weighted by molar-refractivity contribution is 7.84. The van der Waals surface area contributed by atoms with Crippen LogP contribution in [0.2, 0.25) is 0 Å². The van der Waals surface area contributed by atoms with Gasteiger partial charge in [0, 0.05) is 35.9 Å². The van der Waals surface area contributed by atoms with E-state index in [-0.39, 0.29) is 6.04 Å². The topological polar surface area (TPSA) is 76.1 Å². The largest absolute Gasteiger partial charge is 0.490 e. The first-order valence-electron chi connectivity index (χ1n) is 5.71. The van der Waals surface area contributed by atoms with Crippen LogP contribution in [-0.4, -0.2) is 46.4 Å². The van der Waals surface area contributed by atoms with Crippen LogP contribution in [0.1, 0.15) is 13.3 Å². The van der Waals surface area contributed by atoms with Gasteiger partial charge >= 0.3 is 0 Å². The number of ether oxygens (including phenoxy) is 1. The summed E-state index contributed by atoms with van der Waals surface area (Å²) in [6.07, 6.45) is 3.99. The van der Waals surface area contributed by atoms with Crippen molar-refractivity contribution in [2.45, 2.75) is 19.4 Å². The fourth-order valence-electron chi connectivity index (χ4n) is 1.50. The van der Waals surface area contributed by atoms with E-state index >= 15 is 0 Å². The third kappa shape index (κ3) is 4.14. The molecule has 1 rings (SSSR count). The van der Waals surface area contributed by atoms with Crippen molar-refractivity contribution < 1.29 is 8.95 Å². The van der Waals surface area contributed by atoms with Crippen LogP contribution in [0.4, 0.5) is 11.6 Å². The predicted octanol–water partition coefficient (Wildman–Crippen LogP) is 1.10. The zero-order chi connectivity index (χ0) is 13.5. The number of hydrogen-bond acceptors (Lipinski definition) is 6. The van der Waals surface area contributed by atoms with Gasteiger partial charge in [0.25, 0.3) is 0 Å². The van der Waals surface area contributed by atoms with Gasteiger partial charge in [-0.15, -0.1) is 0 Å². The van der Waals surface area contributed by atoms with Crippen molar-refractivity contribution in [3.8, 4) is 5.75 Å². The lowest BCUT2D eigenvalue weighted by molar-refractivity contribution is 0.414. The van der Waals surface area contributed by atoms with Gasteiger partial charge in [0.05, 0.1) is 7.11 Å². The van der Waals surface area contributed by atoms with Crippen LogP contribution in [0.5, 0.6) is 5.75 Å². The predicted molar refractivity (Wildman–Crippen MR) is 74.8 cm³/mol. The molecule has 102 valence electrons. The summed E-state index contributed by atoms with van der Waals surface area (Å²) < 4.78 is 16.3. The molecule has 1 aromatic heterocycles. The third-order valence-electron chi connectivity index (χ3n) is 2.47. The van der Waals surface area contributed by atoms with Crippen molar-refractivity contribution in [3.05, 3.63) is 6.33 Å². The molecule has 0 aliphatic rings.